The fourth-order valence-corrected chi connectivity index (χ4v) is 10.0. The molecule has 0 aromatic rings. The Hall–Kier alpha value is -0.490. The smallest absolute Gasteiger partial charge is 0.171 e. The first kappa shape index (κ1) is 22.0. The quantitative estimate of drug-likeness (QED) is 0.586. The summed E-state index contributed by atoms with van der Waals surface area (Å²) in [5, 5.41) is 21.8. The van der Waals surface area contributed by atoms with Gasteiger partial charge in [-0.3, -0.25) is 4.79 Å². The molecule has 180 valence electrons. The van der Waals surface area contributed by atoms with E-state index < -0.39 is 22.9 Å². The van der Waals surface area contributed by atoms with E-state index in [-0.39, 0.29) is 23.7 Å². The molecular formula is C27H42O5. The lowest BCUT2D eigenvalue weighted by atomic mass is 9.42. The normalized spacial score (nSPS) is 61.8. The van der Waals surface area contributed by atoms with E-state index in [2.05, 4.69) is 27.7 Å². The van der Waals surface area contributed by atoms with Crippen molar-refractivity contribution >= 4 is 5.78 Å². The van der Waals surface area contributed by atoms with Crippen LogP contribution in [-0.2, 0) is 14.3 Å². The molecule has 5 nitrogen and oxygen atoms in total. The van der Waals surface area contributed by atoms with Crippen LogP contribution in [0.25, 0.3) is 0 Å². The highest BCUT2D eigenvalue weighted by atomic mass is 16.7. The molecule has 2 N–H and O–H groups in total. The number of rotatable bonds is 0. The van der Waals surface area contributed by atoms with Crippen molar-refractivity contribution in [2.45, 2.75) is 109 Å². The van der Waals surface area contributed by atoms with Crippen LogP contribution in [0, 0.1) is 46.3 Å². The maximum atomic E-state index is 13.4. The molecule has 2 heterocycles. The number of hydrogen-bond donors (Lipinski definition) is 2. The fourth-order valence-electron chi connectivity index (χ4n) is 10.0. The molecule has 5 heteroatoms. The Morgan fingerprint density at radius 3 is 2.53 bits per heavy atom. The standard InChI is InChI=1S/C27H42O5/c1-15-5-10-27(31-14-15)16(2)23-21(32-27)12-20-18-11-22(29)26(30)13-17(28)6-9-25(26,4)19(18)7-8-24(20,23)3/h15-21,23,28,30H,5-14H2,1-4H3/t15?,16?,17?,18-,19-,20+,21-,23+,24+,25-,26+,27-/m1/s1. The van der Waals surface area contributed by atoms with Gasteiger partial charge >= 0.3 is 0 Å². The summed E-state index contributed by atoms with van der Waals surface area (Å²) in [6.07, 6.45) is 7.21. The number of aliphatic hydroxyl groups is 2. The van der Waals surface area contributed by atoms with Crippen LogP contribution in [0.3, 0.4) is 0 Å². The summed E-state index contributed by atoms with van der Waals surface area (Å²) < 4.78 is 13.2. The predicted molar refractivity (Wildman–Crippen MR) is 120 cm³/mol. The van der Waals surface area contributed by atoms with Crippen LogP contribution in [0.2, 0.25) is 0 Å². The van der Waals surface area contributed by atoms with Crippen molar-refractivity contribution in [3.63, 3.8) is 0 Å². The van der Waals surface area contributed by atoms with Gasteiger partial charge in [-0.15, -0.1) is 0 Å². The summed E-state index contributed by atoms with van der Waals surface area (Å²) in [6.45, 7) is 10.0. The summed E-state index contributed by atoms with van der Waals surface area (Å²) in [5.41, 5.74) is -1.60. The summed E-state index contributed by atoms with van der Waals surface area (Å²) in [6, 6.07) is 0. The summed E-state index contributed by atoms with van der Waals surface area (Å²) >= 11 is 0. The monoisotopic (exact) mass is 446 g/mol. The summed E-state index contributed by atoms with van der Waals surface area (Å²) in [4.78, 5) is 13.4. The molecule has 6 fully saturated rings. The molecule has 4 aliphatic carbocycles. The van der Waals surface area contributed by atoms with Crippen molar-refractivity contribution in [2.75, 3.05) is 6.61 Å². The van der Waals surface area contributed by atoms with Crippen molar-refractivity contribution < 1.29 is 24.5 Å². The van der Waals surface area contributed by atoms with Gasteiger partial charge in [0, 0.05) is 30.6 Å². The van der Waals surface area contributed by atoms with Gasteiger partial charge in [0.2, 0.25) is 0 Å². The van der Waals surface area contributed by atoms with Crippen LogP contribution >= 0.6 is 0 Å². The molecule has 2 aliphatic heterocycles. The minimum Gasteiger partial charge on any atom is -0.393 e. The third-order valence-corrected chi connectivity index (χ3v) is 11.9. The van der Waals surface area contributed by atoms with E-state index in [0.29, 0.717) is 48.3 Å². The van der Waals surface area contributed by atoms with E-state index in [1.807, 2.05) is 0 Å². The Balaban J connectivity index is 1.30. The molecule has 1 spiro atoms. The highest BCUT2D eigenvalue weighted by Gasteiger charge is 2.72. The first-order valence-corrected chi connectivity index (χ1v) is 13.3. The number of ketones is 1. The number of fused-ring (bicyclic) bond motifs is 7. The summed E-state index contributed by atoms with van der Waals surface area (Å²) in [5.74, 6) is 2.20. The van der Waals surface area contributed by atoms with Gasteiger partial charge in [0.05, 0.1) is 18.8 Å². The van der Waals surface area contributed by atoms with Crippen LogP contribution in [0.4, 0.5) is 0 Å². The Kier molecular flexibility index (Phi) is 4.68. The third kappa shape index (κ3) is 2.58. The lowest BCUT2D eigenvalue weighted by molar-refractivity contribution is -0.273. The fraction of sp³-hybridized carbons (Fsp3) is 0.963. The minimum atomic E-state index is -1.35. The predicted octanol–water partition coefficient (Wildman–Crippen LogP) is 4.09. The highest BCUT2D eigenvalue weighted by Crippen LogP contribution is 2.71. The minimum absolute atomic E-state index is 0.0173. The number of ether oxygens (including phenoxy) is 2. The molecule has 6 aliphatic rings. The van der Waals surface area contributed by atoms with Gasteiger partial charge in [0.1, 0.15) is 5.60 Å². The number of aliphatic hydroxyl groups excluding tert-OH is 1. The number of Topliss-reactive ketones (excluding diaryl/α,β-unsaturated/α-hetero) is 1. The molecule has 6 rings (SSSR count). The van der Waals surface area contributed by atoms with Gasteiger partial charge in [-0.2, -0.15) is 0 Å². The Bertz CT molecular complexity index is 804. The molecule has 2 saturated heterocycles. The maximum absolute atomic E-state index is 13.4. The molecule has 3 unspecified atom stereocenters. The second kappa shape index (κ2) is 6.80. The lowest BCUT2D eigenvalue weighted by Gasteiger charge is -2.63. The summed E-state index contributed by atoms with van der Waals surface area (Å²) in [7, 11) is 0. The first-order chi connectivity index (χ1) is 15.0. The van der Waals surface area contributed by atoms with Gasteiger partial charge < -0.3 is 19.7 Å². The van der Waals surface area contributed by atoms with E-state index in [9.17, 15) is 15.0 Å². The van der Waals surface area contributed by atoms with E-state index >= 15 is 0 Å². The molecular weight excluding hydrogens is 404 g/mol. The molecule has 4 saturated carbocycles. The van der Waals surface area contributed by atoms with Crippen LogP contribution in [0.1, 0.15) is 85.5 Å². The van der Waals surface area contributed by atoms with E-state index in [1.165, 1.54) is 6.42 Å². The zero-order chi connectivity index (χ0) is 22.7. The number of hydrogen-bond acceptors (Lipinski definition) is 5. The Morgan fingerprint density at radius 2 is 1.81 bits per heavy atom. The largest absolute Gasteiger partial charge is 0.393 e. The zero-order valence-electron chi connectivity index (χ0n) is 20.3. The first-order valence-electron chi connectivity index (χ1n) is 13.3. The second-order valence-electron chi connectivity index (χ2n) is 13.2. The topological polar surface area (TPSA) is 76.0 Å². The average Bonchev–Trinajstić information content (AvgIpc) is 3.18. The third-order valence-electron chi connectivity index (χ3n) is 11.9. The van der Waals surface area contributed by atoms with Crippen molar-refractivity contribution in [2.24, 2.45) is 46.3 Å². The Morgan fingerprint density at radius 1 is 1.03 bits per heavy atom. The highest BCUT2D eigenvalue weighted by molar-refractivity contribution is 5.89. The maximum Gasteiger partial charge on any atom is 0.171 e. The SMILES string of the molecule is CC1CC[C@@]2(OC1)O[C@@H]1C[C@H]3[C@@H]4CC(=O)[C@@]5(O)CC(O)CC[C@]5(C)[C@@H]4CC[C@]3(C)[C@H]1C2C. The molecule has 0 bridgehead atoms. The van der Waals surface area contributed by atoms with Gasteiger partial charge in [0.15, 0.2) is 11.6 Å². The van der Waals surface area contributed by atoms with E-state index in [0.717, 1.165) is 38.7 Å². The number of carbonyl (C=O) groups excluding carboxylic acids is 1. The Labute approximate surface area is 192 Å². The van der Waals surface area contributed by atoms with Crippen LogP contribution in [0.5, 0.6) is 0 Å². The average molecular weight is 447 g/mol. The molecule has 0 radical (unpaired) electrons. The van der Waals surface area contributed by atoms with Crippen molar-refractivity contribution in [1.82, 2.24) is 0 Å². The van der Waals surface area contributed by atoms with Gasteiger partial charge in [0.25, 0.3) is 0 Å². The van der Waals surface area contributed by atoms with Gasteiger partial charge in [-0.05, 0) is 73.5 Å². The second-order valence-corrected chi connectivity index (χ2v) is 13.2. The van der Waals surface area contributed by atoms with Crippen LogP contribution < -0.4 is 0 Å². The van der Waals surface area contributed by atoms with E-state index in [1.54, 1.807) is 0 Å². The van der Waals surface area contributed by atoms with Crippen molar-refractivity contribution in [3.8, 4) is 0 Å². The molecule has 32 heavy (non-hydrogen) atoms. The van der Waals surface area contributed by atoms with Crippen molar-refractivity contribution in [3.05, 3.63) is 0 Å². The zero-order valence-corrected chi connectivity index (χ0v) is 20.3. The molecule has 0 aromatic heterocycles. The van der Waals surface area contributed by atoms with Crippen LogP contribution in [0.15, 0.2) is 0 Å². The molecule has 0 aromatic carbocycles. The van der Waals surface area contributed by atoms with Crippen LogP contribution in [-0.4, -0.2) is 46.2 Å². The molecule has 12 atom stereocenters. The lowest BCUT2D eigenvalue weighted by Crippen LogP contribution is -2.67. The van der Waals surface area contributed by atoms with Crippen molar-refractivity contribution in [1.29, 1.82) is 0 Å². The molecule has 0 amide bonds. The van der Waals surface area contributed by atoms with E-state index in [4.69, 9.17) is 9.47 Å². The van der Waals surface area contributed by atoms with Gasteiger partial charge in [-0.25, -0.2) is 0 Å². The van der Waals surface area contributed by atoms with Gasteiger partial charge in [-0.1, -0.05) is 27.7 Å². The number of carbonyl (C=O) groups is 1.